The average molecular weight is 422 g/mol. The Morgan fingerprint density at radius 3 is 2.38 bits per heavy atom. The van der Waals surface area contributed by atoms with E-state index in [9.17, 15) is 13.2 Å². The molecule has 0 radical (unpaired) electrons. The lowest BCUT2D eigenvalue weighted by atomic mass is 9.83. The molecule has 0 bridgehead atoms. The van der Waals surface area contributed by atoms with Gasteiger partial charge in [-0.1, -0.05) is 12.8 Å². The highest BCUT2D eigenvalue weighted by atomic mass is 32.2. The van der Waals surface area contributed by atoms with Gasteiger partial charge in [0.2, 0.25) is 10.0 Å². The number of piperazine rings is 1. The van der Waals surface area contributed by atoms with Gasteiger partial charge in [0.25, 0.3) is 0 Å². The Kier molecular flexibility index (Phi) is 5.75. The van der Waals surface area contributed by atoms with Crippen molar-refractivity contribution >= 4 is 27.4 Å². The van der Waals surface area contributed by atoms with Gasteiger partial charge < -0.3 is 9.64 Å². The molecule has 2 saturated heterocycles. The van der Waals surface area contributed by atoms with Crippen LogP contribution in [0.15, 0.2) is 24.3 Å². The number of cyclic esters (lactones) is 1. The molecule has 0 unspecified atom stereocenters. The largest absolute Gasteiger partial charge is 0.462 e. The lowest BCUT2D eigenvalue weighted by molar-refractivity contribution is -0.148. The summed E-state index contributed by atoms with van der Waals surface area (Å²) in [7, 11) is -3.25. The molecule has 1 saturated carbocycles. The number of ether oxygens (including phenoxy) is 1. The summed E-state index contributed by atoms with van der Waals surface area (Å²) in [6.07, 6.45) is 7.44. The molecule has 1 aromatic rings. The summed E-state index contributed by atoms with van der Waals surface area (Å²) in [4.78, 5) is 17.1. The van der Waals surface area contributed by atoms with Crippen LogP contribution in [0.4, 0.5) is 11.4 Å². The summed E-state index contributed by atoms with van der Waals surface area (Å²) in [5, 5.41) is 0. The van der Waals surface area contributed by atoms with Crippen LogP contribution in [0.2, 0.25) is 0 Å². The van der Waals surface area contributed by atoms with Crippen LogP contribution in [0.3, 0.4) is 0 Å². The van der Waals surface area contributed by atoms with Crippen LogP contribution in [0, 0.1) is 5.41 Å². The maximum Gasteiger partial charge on any atom is 0.312 e. The Bertz CT molecular complexity index is 826. The summed E-state index contributed by atoms with van der Waals surface area (Å²) >= 11 is 0. The molecule has 8 heteroatoms. The third kappa shape index (κ3) is 4.86. The van der Waals surface area contributed by atoms with E-state index in [1.165, 1.54) is 0 Å². The van der Waals surface area contributed by atoms with E-state index < -0.39 is 10.0 Å². The van der Waals surface area contributed by atoms with Gasteiger partial charge in [-0.05, 0) is 43.5 Å². The van der Waals surface area contributed by atoms with E-state index in [0.29, 0.717) is 5.69 Å². The quantitative estimate of drug-likeness (QED) is 0.711. The monoisotopic (exact) mass is 421 g/mol. The molecule has 4 rings (SSSR count). The lowest BCUT2D eigenvalue weighted by Crippen LogP contribution is -2.47. The van der Waals surface area contributed by atoms with Gasteiger partial charge in [0, 0.05) is 50.5 Å². The van der Waals surface area contributed by atoms with Crippen LogP contribution in [0.5, 0.6) is 0 Å². The topological polar surface area (TPSA) is 79.0 Å². The number of esters is 1. The zero-order chi connectivity index (χ0) is 20.5. The van der Waals surface area contributed by atoms with E-state index in [0.717, 1.165) is 83.2 Å². The Morgan fingerprint density at radius 2 is 1.76 bits per heavy atom. The second-order valence-electron chi connectivity index (χ2n) is 8.76. The molecule has 1 aliphatic carbocycles. The standard InChI is InChI=1S/C21H31N3O4S/c1-29(26,27)22-17-4-6-18(7-5-17)24-14-12-23(13-15-24)11-8-19-16-21(20(25)28-19)9-2-3-10-21/h4-7,19,22H,2-3,8-16H2,1H3/t19-/m1/s1. The van der Waals surface area contributed by atoms with Crippen LogP contribution in [0.25, 0.3) is 0 Å². The molecule has 0 amide bonds. The summed E-state index contributed by atoms with van der Waals surface area (Å²) in [6.45, 7) is 4.81. The number of nitrogens with one attached hydrogen (secondary N) is 1. The minimum atomic E-state index is -3.25. The van der Waals surface area contributed by atoms with Crippen molar-refractivity contribution in [2.24, 2.45) is 5.41 Å². The van der Waals surface area contributed by atoms with Crippen LogP contribution >= 0.6 is 0 Å². The third-order valence-corrected chi connectivity index (χ3v) is 7.17. The van der Waals surface area contributed by atoms with Crippen molar-refractivity contribution in [2.45, 2.75) is 44.6 Å². The number of carbonyl (C=O) groups is 1. The first-order valence-corrected chi connectivity index (χ1v) is 12.5. The maximum atomic E-state index is 12.3. The fourth-order valence-corrected chi connectivity index (χ4v) is 5.53. The van der Waals surface area contributed by atoms with Gasteiger partial charge in [-0.25, -0.2) is 8.42 Å². The van der Waals surface area contributed by atoms with Crippen molar-refractivity contribution in [3.8, 4) is 0 Å². The molecule has 3 aliphatic rings. The summed E-state index contributed by atoms with van der Waals surface area (Å²) in [5.41, 5.74) is 1.54. The summed E-state index contributed by atoms with van der Waals surface area (Å²) in [5.74, 6) is 0.0543. The number of benzene rings is 1. The molecular formula is C21H31N3O4S. The van der Waals surface area contributed by atoms with Gasteiger partial charge in [0.15, 0.2) is 0 Å². The first kappa shape index (κ1) is 20.5. The molecule has 2 aliphatic heterocycles. The Balaban J connectivity index is 1.22. The van der Waals surface area contributed by atoms with Gasteiger partial charge in [-0.3, -0.25) is 14.4 Å². The Morgan fingerprint density at radius 1 is 1.10 bits per heavy atom. The smallest absolute Gasteiger partial charge is 0.312 e. The summed E-state index contributed by atoms with van der Waals surface area (Å²) in [6, 6.07) is 7.52. The van der Waals surface area contributed by atoms with Crippen molar-refractivity contribution in [1.82, 2.24) is 4.90 Å². The van der Waals surface area contributed by atoms with Crippen molar-refractivity contribution in [3.05, 3.63) is 24.3 Å². The SMILES string of the molecule is CS(=O)(=O)Nc1ccc(N2CCN(CC[C@@H]3CC4(CCCC4)C(=O)O3)CC2)cc1. The number of anilines is 2. The number of nitrogens with zero attached hydrogens (tertiary/aromatic N) is 2. The molecule has 7 nitrogen and oxygen atoms in total. The predicted octanol–water partition coefficient (Wildman–Crippen LogP) is 2.45. The van der Waals surface area contributed by atoms with Crippen molar-refractivity contribution in [1.29, 1.82) is 0 Å². The van der Waals surface area contributed by atoms with Crippen molar-refractivity contribution in [2.75, 3.05) is 48.6 Å². The van der Waals surface area contributed by atoms with E-state index in [1.807, 2.05) is 12.1 Å². The zero-order valence-corrected chi connectivity index (χ0v) is 17.9. The fraction of sp³-hybridized carbons (Fsp3) is 0.667. The van der Waals surface area contributed by atoms with Crippen molar-refractivity contribution < 1.29 is 17.9 Å². The van der Waals surface area contributed by atoms with E-state index in [2.05, 4.69) is 14.5 Å². The van der Waals surface area contributed by atoms with Crippen molar-refractivity contribution in [3.63, 3.8) is 0 Å². The van der Waals surface area contributed by atoms with Gasteiger partial charge >= 0.3 is 5.97 Å². The lowest BCUT2D eigenvalue weighted by Gasteiger charge is -2.36. The van der Waals surface area contributed by atoms with E-state index in [4.69, 9.17) is 4.74 Å². The highest BCUT2D eigenvalue weighted by molar-refractivity contribution is 7.92. The molecule has 1 aromatic carbocycles. The number of carbonyl (C=O) groups excluding carboxylic acids is 1. The van der Waals surface area contributed by atoms with Gasteiger partial charge in [0.05, 0.1) is 11.7 Å². The molecule has 1 N–H and O–H groups in total. The molecule has 160 valence electrons. The van der Waals surface area contributed by atoms with Crippen LogP contribution in [-0.2, 0) is 19.6 Å². The predicted molar refractivity (Wildman–Crippen MR) is 114 cm³/mol. The molecule has 3 fully saturated rings. The summed E-state index contributed by atoms with van der Waals surface area (Å²) < 4.78 is 30.8. The molecular weight excluding hydrogens is 390 g/mol. The minimum absolute atomic E-state index is 0.0543. The van der Waals surface area contributed by atoms with E-state index in [-0.39, 0.29) is 17.5 Å². The first-order valence-electron chi connectivity index (χ1n) is 10.6. The number of hydrogen-bond donors (Lipinski definition) is 1. The minimum Gasteiger partial charge on any atom is -0.462 e. The van der Waals surface area contributed by atoms with Gasteiger partial charge in [0.1, 0.15) is 6.10 Å². The number of rotatable bonds is 6. The number of sulfonamides is 1. The van der Waals surface area contributed by atoms with Crippen LogP contribution in [-0.4, -0.2) is 64.4 Å². The third-order valence-electron chi connectivity index (χ3n) is 6.56. The second-order valence-corrected chi connectivity index (χ2v) is 10.5. The first-order chi connectivity index (χ1) is 13.8. The van der Waals surface area contributed by atoms with Crippen LogP contribution in [0.1, 0.15) is 38.5 Å². The zero-order valence-electron chi connectivity index (χ0n) is 17.1. The normalized spacial score (nSPS) is 24.8. The van der Waals surface area contributed by atoms with E-state index >= 15 is 0 Å². The van der Waals surface area contributed by atoms with Gasteiger partial charge in [-0.2, -0.15) is 0 Å². The van der Waals surface area contributed by atoms with Gasteiger partial charge in [-0.15, -0.1) is 0 Å². The molecule has 0 aromatic heterocycles. The Labute approximate surface area is 173 Å². The molecule has 1 spiro atoms. The molecule has 1 atom stereocenters. The highest BCUT2D eigenvalue weighted by Crippen LogP contribution is 2.48. The van der Waals surface area contributed by atoms with E-state index in [1.54, 1.807) is 12.1 Å². The molecule has 29 heavy (non-hydrogen) atoms. The highest BCUT2D eigenvalue weighted by Gasteiger charge is 2.50. The maximum absolute atomic E-state index is 12.3. The molecule has 2 heterocycles. The Hall–Kier alpha value is -1.80. The average Bonchev–Trinajstić information content (AvgIpc) is 3.27. The van der Waals surface area contributed by atoms with Crippen LogP contribution < -0.4 is 9.62 Å². The fourth-order valence-electron chi connectivity index (χ4n) is 4.97. The number of hydrogen-bond acceptors (Lipinski definition) is 6. The second kappa shape index (κ2) is 8.14.